The third-order valence-corrected chi connectivity index (χ3v) is 10.4. The number of nitrogens with zero attached hydrogens (tertiary/aromatic N) is 2. The number of thiazole rings is 1. The minimum Gasteiger partial charge on any atom is -0.324 e. The van der Waals surface area contributed by atoms with Crippen molar-refractivity contribution in [2.24, 2.45) is 5.92 Å². The number of anilines is 2. The number of fused-ring (bicyclic) bond motifs is 2. The molecule has 3 unspecified atom stereocenters. The van der Waals surface area contributed by atoms with E-state index in [1.807, 2.05) is 74.5 Å². The zero-order valence-electron chi connectivity index (χ0n) is 21.6. The number of benzene rings is 3. The number of aromatic nitrogens is 1. The zero-order valence-corrected chi connectivity index (χ0v) is 24.8. The van der Waals surface area contributed by atoms with Crippen LogP contribution in [0.3, 0.4) is 0 Å². The number of para-hydroxylation sites is 1. The molecule has 4 aromatic rings. The lowest BCUT2D eigenvalue weighted by Crippen LogP contribution is -2.33. The highest BCUT2D eigenvalue weighted by atomic mass is 79.9. The molecule has 1 aromatic heterocycles. The lowest BCUT2D eigenvalue weighted by Gasteiger charge is -2.30. The molecule has 1 fully saturated rings. The van der Waals surface area contributed by atoms with Gasteiger partial charge in [0.2, 0.25) is 17.7 Å². The topological polar surface area (TPSA) is 88.5 Å². The molecule has 3 atom stereocenters. The summed E-state index contributed by atoms with van der Waals surface area (Å²) >= 11 is 5.78. The van der Waals surface area contributed by atoms with E-state index >= 15 is 0 Å². The molecule has 1 saturated heterocycles. The number of amides is 3. The Morgan fingerprint density at radius 1 is 0.950 bits per heavy atom. The second kappa shape index (κ2) is 10.5. The number of halogens is 1. The highest BCUT2D eigenvalue weighted by molar-refractivity contribution is 9.10. The van der Waals surface area contributed by atoms with Crippen LogP contribution in [0.4, 0.5) is 11.4 Å². The van der Waals surface area contributed by atoms with Crippen molar-refractivity contribution in [3.05, 3.63) is 109 Å². The van der Waals surface area contributed by atoms with Crippen molar-refractivity contribution in [2.45, 2.75) is 36.6 Å². The first-order chi connectivity index (χ1) is 19.2. The van der Waals surface area contributed by atoms with Crippen LogP contribution in [0.2, 0.25) is 0 Å². The van der Waals surface area contributed by atoms with Gasteiger partial charge in [0.05, 0.1) is 16.6 Å². The molecule has 10 heteroatoms. The van der Waals surface area contributed by atoms with Crippen LogP contribution in [0.25, 0.3) is 0 Å². The van der Waals surface area contributed by atoms with E-state index in [1.165, 1.54) is 21.2 Å². The normalized spacial score (nSPS) is 19.9. The van der Waals surface area contributed by atoms with Crippen LogP contribution < -0.4 is 15.1 Å². The largest absolute Gasteiger partial charge is 0.324 e. The Labute approximate surface area is 247 Å². The highest BCUT2D eigenvalue weighted by Crippen LogP contribution is 2.54. The van der Waals surface area contributed by atoms with E-state index in [9.17, 15) is 19.2 Å². The number of carbonyl (C=O) groups excluding carboxylic acids is 3. The summed E-state index contributed by atoms with van der Waals surface area (Å²) in [5.74, 6) is -2.14. The van der Waals surface area contributed by atoms with Gasteiger partial charge in [-0.05, 0) is 55.3 Å². The average molecular weight is 635 g/mol. The smallest absolute Gasteiger partial charge is 0.308 e. The molecule has 2 aliphatic rings. The van der Waals surface area contributed by atoms with E-state index in [0.29, 0.717) is 21.3 Å². The van der Waals surface area contributed by atoms with Gasteiger partial charge in [0, 0.05) is 21.0 Å². The number of aryl methyl sites for hydroxylation is 2. The second-order valence-electron chi connectivity index (χ2n) is 9.93. The minimum absolute atomic E-state index is 0.196. The zero-order chi connectivity index (χ0) is 28.1. The third-order valence-electron chi connectivity index (χ3n) is 7.27. The SMILES string of the molecule is Cc1ccc(N2C(=O)C3Sc4c(sc(=O)n4CC(=O)Nc4ccccc4C)C(c4cccc(Br)c4)C3C2=O)cc1. The van der Waals surface area contributed by atoms with Gasteiger partial charge in [-0.2, -0.15) is 0 Å². The van der Waals surface area contributed by atoms with Gasteiger partial charge in [-0.25, -0.2) is 4.90 Å². The Morgan fingerprint density at radius 2 is 1.70 bits per heavy atom. The van der Waals surface area contributed by atoms with Gasteiger partial charge < -0.3 is 5.32 Å². The molecule has 2 aliphatic heterocycles. The summed E-state index contributed by atoms with van der Waals surface area (Å²) in [5.41, 5.74) is 3.97. The maximum Gasteiger partial charge on any atom is 0.308 e. The first-order valence-corrected chi connectivity index (χ1v) is 15.2. The molecule has 0 saturated carbocycles. The molecule has 0 bridgehead atoms. The van der Waals surface area contributed by atoms with Gasteiger partial charge in [-0.3, -0.25) is 23.7 Å². The maximum atomic E-state index is 14.0. The number of nitrogens with one attached hydrogen (secondary N) is 1. The lowest BCUT2D eigenvalue weighted by atomic mass is 9.83. The molecule has 3 heterocycles. The van der Waals surface area contributed by atoms with Crippen molar-refractivity contribution in [3.8, 4) is 0 Å². The fourth-order valence-electron chi connectivity index (χ4n) is 5.31. The Bertz CT molecular complexity index is 1730. The van der Waals surface area contributed by atoms with Crippen molar-refractivity contribution >= 4 is 68.1 Å². The Morgan fingerprint density at radius 3 is 2.42 bits per heavy atom. The van der Waals surface area contributed by atoms with Gasteiger partial charge in [0.1, 0.15) is 11.8 Å². The maximum absolute atomic E-state index is 14.0. The van der Waals surface area contributed by atoms with Gasteiger partial charge in [0.25, 0.3) is 0 Å². The van der Waals surface area contributed by atoms with Crippen LogP contribution in [0.5, 0.6) is 0 Å². The fourth-order valence-corrected chi connectivity index (χ4v) is 8.50. The summed E-state index contributed by atoms with van der Waals surface area (Å²) < 4.78 is 2.27. The van der Waals surface area contributed by atoms with E-state index in [0.717, 1.165) is 32.5 Å². The van der Waals surface area contributed by atoms with Crippen molar-refractivity contribution in [1.29, 1.82) is 0 Å². The van der Waals surface area contributed by atoms with Crippen LogP contribution in [-0.4, -0.2) is 27.5 Å². The monoisotopic (exact) mass is 633 g/mol. The average Bonchev–Trinajstić information content (AvgIpc) is 3.36. The summed E-state index contributed by atoms with van der Waals surface area (Å²) in [6, 6.07) is 22.3. The molecule has 40 heavy (non-hydrogen) atoms. The van der Waals surface area contributed by atoms with Gasteiger partial charge in [0.15, 0.2) is 0 Å². The summed E-state index contributed by atoms with van der Waals surface area (Å²) in [4.78, 5) is 55.8. The Kier molecular flexibility index (Phi) is 7.02. The third kappa shape index (κ3) is 4.63. The predicted octanol–water partition coefficient (Wildman–Crippen LogP) is 5.72. The summed E-state index contributed by atoms with van der Waals surface area (Å²) in [6.45, 7) is 3.65. The number of imide groups is 1. The molecule has 6 rings (SSSR count). The first-order valence-electron chi connectivity index (χ1n) is 12.7. The molecule has 3 amide bonds. The first kappa shape index (κ1) is 26.7. The quantitative estimate of drug-likeness (QED) is 0.284. The van der Waals surface area contributed by atoms with E-state index in [4.69, 9.17) is 0 Å². The van der Waals surface area contributed by atoms with Crippen LogP contribution in [0.15, 0.2) is 87.1 Å². The molecule has 7 nitrogen and oxygen atoms in total. The molecule has 3 aromatic carbocycles. The summed E-state index contributed by atoms with van der Waals surface area (Å²) in [5, 5.41) is 2.72. The predicted molar refractivity (Wildman–Crippen MR) is 161 cm³/mol. The lowest BCUT2D eigenvalue weighted by molar-refractivity contribution is -0.122. The molecule has 0 radical (unpaired) electrons. The molecular weight excluding hydrogens is 610 g/mol. The molecule has 0 spiro atoms. The highest BCUT2D eigenvalue weighted by Gasteiger charge is 2.56. The summed E-state index contributed by atoms with van der Waals surface area (Å²) in [7, 11) is 0. The van der Waals surface area contributed by atoms with Crippen molar-refractivity contribution < 1.29 is 14.4 Å². The van der Waals surface area contributed by atoms with Crippen molar-refractivity contribution in [2.75, 3.05) is 10.2 Å². The number of hydrogen-bond donors (Lipinski definition) is 1. The molecular formula is C30H24BrN3O4S2. The number of carbonyl (C=O) groups is 3. The number of thioether (sulfide) groups is 1. The number of rotatable bonds is 5. The van der Waals surface area contributed by atoms with E-state index < -0.39 is 17.1 Å². The van der Waals surface area contributed by atoms with Gasteiger partial charge in [-0.1, -0.05) is 87.1 Å². The van der Waals surface area contributed by atoms with Crippen LogP contribution in [-0.2, 0) is 20.9 Å². The van der Waals surface area contributed by atoms with E-state index in [-0.39, 0.29) is 29.1 Å². The molecule has 202 valence electrons. The van der Waals surface area contributed by atoms with Crippen molar-refractivity contribution in [3.63, 3.8) is 0 Å². The number of hydrogen-bond acceptors (Lipinski definition) is 6. The second-order valence-corrected chi connectivity index (χ2v) is 13.0. The van der Waals surface area contributed by atoms with E-state index in [2.05, 4.69) is 21.2 Å². The van der Waals surface area contributed by atoms with Crippen molar-refractivity contribution in [1.82, 2.24) is 4.57 Å². The van der Waals surface area contributed by atoms with E-state index in [1.54, 1.807) is 12.1 Å². The standard InChI is InChI=1S/C30H24BrN3O4S2/c1-16-10-12-20(13-11-16)34-27(36)24-23(18-7-5-8-19(31)14-18)26-29(39-25(24)28(34)37)33(30(38)40-26)15-22(35)32-21-9-4-3-6-17(21)2/h3-14,23-25H,15H2,1-2H3,(H,32,35). The Balaban J connectivity index is 1.42. The van der Waals surface area contributed by atoms with Crippen LogP contribution in [0, 0.1) is 19.8 Å². The fraction of sp³-hybridized carbons (Fsp3) is 0.200. The van der Waals surface area contributed by atoms with Crippen LogP contribution >= 0.6 is 39.0 Å². The molecule has 0 aliphatic carbocycles. The minimum atomic E-state index is -0.732. The summed E-state index contributed by atoms with van der Waals surface area (Å²) in [6.07, 6.45) is 0. The Hall–Kier alpha value is -3.47. The van der Waals surface area contributed by atoms with Gasteiger partial charge in [-0.15, -0.1) is 0 Å². The van der Waals surface area contributed by atoms with Crippen LogP contribution in [0.1, 0.15) is 27.5 Å². The molecule has 1 N–H and O–H groups in total. The van der Waals surface area contributed by atoms with Gasteiger partial charge >= 0.3 is 4.87 Å².